The summed E-state index contributed by atoms with van der Waals surface area (Å²) < 4.78 is 5.65. The van der Waals surface area contributed by atoms with Crippen LogP contribution in [0.15, 0.2) is 23.8 Å². The molecule has 1 aliphatic heterocycles. The quantitative estimate of drug-likeness (QED) is 0.698. The van der Waals surface area contributed by atoms with Gasteiger partial charge in [0.2, 0.25) is 0 Å². The van der Waals surface area contributed by atoms with Gasteiger partial charge in [0.15, 0.2) is 11.9 Å². The maximum Gasteiger partial charge on any atom is 0.335 e. The molecule has 0 unspecified atom stereocenters. The lowest BCUT2D eigenvalue weighted by Crippen LogP contribution is -2.58. The predicted octanol–water partition coefficient (Wildman–Crippen LogP) is 2.56. The lowest BCUT2D eigenvalue weighted by molar-refractivity contribution is -0.209. The van der Waals surface area contributed by atoms with Gasteiger partial charge in [-0.3, -0.25) is 4.79 Å². The molecule has 0 aromatic rings. The lowest BCUT2D eigenvalue weighted by atomic mass is 9.49. The molecule has 4 nitrogen and oxygen atoms in total. The van der Waals surface area contributed by atoms with Gasteiger partial charge in [-0.15, -0.1) is 0 Å². The first kappa shape index (κ1) is 15.1. The van der Waals surface area contributed by atoms with Gasteiger partial charge >= 0.3 is 5.97 Å². The lowest BCUT2D eigenvalue weighted by Gasteiger charge is -2.58. The molecule has 0 aromatic carbocycles. The number of ether oxygens (including phenoxy) is 1. The Kier molecular flexibility index (Phi) is 3.15. The number of allylic oxidation sites excluding steroid dienone is 4. The molecule has 1 N–H and O–H groups in total. The van der Waals surface area contributed by atoms with Gasteiger partial charge in [-0.05, 0) is 63.0 Å². The average Bonchev–Trinajstić information content (AvgIpc) is 2.49. The van der Waals surface area contributed by atoms with Crippen LogP contribution in [-0.4, -0.2) is 28.6 Å². The van der Waals surface area contributed by atoms with E-state index in [1.807, 2.05) is 13.0 Å². The third-order valence-corrected chi connectivity index (χ3v) is 6.97. The summed E-state index contributed by atoms with van der Waals surface area (Å²) in [5.74, 6) is 0.718. The van der Waals surface area contributed by atoms with Crippen LogP contribution in [0.1, 0.15) is 46.0 Å². The Bertz CT molecular complexity index is 633. The molecule has 4 aliphatic rings. The molecule has 1 saturated heterocycles. The van der Waals surface area contributed by atoms with Crippen LogP contribution in [0, 0.1) is 23.2 Å². The van der Waals surface area contributed by atoms with Crippen molar-refractivity contribution in [2.75, 3.05) is 0 Å². The molecule has 0 bridgehead atoms. The van der Waals surface area contributed by atoms with Crippen molar-refractivity contribution >= 4 is 11.8 Å². The minimum absolute atomic E-state index is 0.0649. The molecule has 1 heterocycles. The van der Waals surface area contributed by atoms with Crippen LogP contribution < -0.4 is 0 Å². The number of rotatable bonds is 0. The van der Waals surface area contributed by atoms with E-state index in [0.29, 0.717) is 18.3 Å². The van der Waals surface area contributed by atoms with Crippen molar-refractivity contribution in [1.29, 1.82) is 0 Å². The zero-order valence-corrected chi connectivity index (χ0v) is 13.7. The summed E-state index contributed by atoms with van der Waals surface area (Å²) in [5, 5.41) is 10.0. The molecule has 3 fully saturated rings. The van der Waals surface area contributed by atoms with E-state index in [1.165, 1.54) is 5.57 Å². The second-order valence-corrected chi connectivity index (χ2v) is 8.13. The fourth-order valence-corrected chi connectivity index (χ4v) is 5.67. The van der Waals surface area contributed by atoms with E-state index < -0.39 is 17.7 Å². The minimum Gasteiger partial charge on any atom is -0.457 e. The van der Waals surface area contributed by atoms with Crippen molar-refractivity contribution in [3.8, 4) is 0 Å². The molecule has 4 rings (SSSR count). The van der Waals surface area contributed by atoms with Crippen molar-refractivity contribution in [2.45, 2.75) is 57.7 Å². The summed E-state index contributed by atoms with van der Waals surface area (Å²) in [5.41, 5.74) is 0.747. The van der Waals surface area contributed by atoms with Gasteiger partial charge in [-0.1, -0.05) is 18.6 Å². The number of fused-ring (bicyclic) bond motifs is 5. The molecule has 0 aromatic heterocycles. The molecule has 2 saturated carbocycles. The van der Waals surface area contributed by atoms with Crippen LogP contribution >= 0.6 is 0 Å². The zero-order valence-electron chi connectivity index (χ0n) is 13.7. The number of hydrogen-bond donors (Lipinski definition) is 1. The highest BCUT2D eigenvalue weighted by Crippen LogP contribution is 2.60. The Labute approximate surface area is 136 Å². The summed E-state index contributed by atoms with van der Waals surface area (Å²) in [6.07, 6.45) is 8.90. The minimum atomic E-state index is -0.986. The third-order valence-electron chi connectivity index (χ3n) is 6.97. The van der Waals surface area contributed by atoms with E-state index in [0.717, 1.165) is 25.7 Å². The normalized spacial score (nSPS) is 48.7. The largest absolute Gasteiger partial charge is 0.457 e. The maximum absolute atomic E-state index is 11.8. The first-order valence-electron chi connectivity index (χ1n) is 8.69. The van der Waals surface area contributed by atoms with Crippen LogP contribution in [0.4, 0.5) is 0 Å². The van der Waals surface area contributed by atoms with Gasteiger partial charge < -0.3 is 9.84 Å². The van der Waals surface area contributed by atoms with Crippen molar-refractivity contribution in [1.82, 2.24) is 0 Å². The summed E-state index contributed by atoms with van der Waals surface area (Å²) in [7, 11) is 0. The maximum atomic E-state index is 11.8. The standard InChI is InChI=1S/C19H24O4/c1-18-7-5-12(20)9-11(18)3-4-13-14(18)6-8-19(2)15(13)10-16(21)17(22)23-19/h5,7,9,13-16,21H,3-4,6,8,10H2,1-2H3/t13-,14+,15+,16-,18+,19+/m1/s1. The SMILES string of the molecule is C[C@]12C=CC(=O)C=C1CC[C@@H]1[C@@H]2CC[C@]2(C)OC(=O)[C@H](O)C[C@@H]12. The molecule has 124 valence electrons. The van der Waals surface area contributed by atoms with Crippen LogP contribution in [0.5, 0.6) is 0 Å². The smallest absolute Gasteiger partial charge is 0.335 e. The van der Waals surface area contributed by atoms with Crippen molar-refractivity contribution in [2.24, 2.45) is 23.2 Å². The Morgan fingerprint density at radius 3 is 2.78 bits per heavy atom. The Morgan fingerprint density at radius 1 is 1.22 bits per heavy atom. The highest BCUT2D eigenvalue weighted by molar-refractivity contribution is 6.01. The average molecular weight is 316 g/mol. The fraction of sp³-hybridized carbons (Fsp3) is 0.684. The molecule has 23 heavy (non-hydrogen) atoms. The van der Waals surface area contributed by atoms with Gasteiger partial charge in [-0.25, -0.2) is 4.79 Å². The van der Waals surface area contributed by atoms with Gasteiger partial charge in [0.05, 0.1) is 0 Å². The van der Waals surface area contributed by atoms with Gasteiger partial charge in [0, 0.05) is 11.3 Å². The van der Waals surface area contributed by atoms with E-state index in [4.69, 9.17) is 4.74 Å². The summed E-state index contributed by atoms with van der Waals surface area (Å²) in [6, 6.07) is 0. The number of ketones is 1. The molecule has 6 atom stereocenters. The molecular weight excluding hydrogens is 292 g/mol. The summed E-state index contributed by atoms with van der Waals surface area (Å²) >= 11 is 0. The van der Waals surface area contributed by atoms with E-state index in [-0.39, 0.29) is 17.1 Å². The molecule has 0 radical (unpaired) electrons. The Hall–Kier alpha value is -1.42. The number of aliphatic hydroxyl groups excluding tert-OH is 1. The van der Waals surface area contributed by atoms with Crippen LogP contribution in [0.3, 0.4) is 0 Å². The third kappa shape index (κ3) is 2.07. The fourth-order valence-electron chi connectivity index (χ4n) is 5.67. The second kappa shape index (κ2) is 4.79. The number of esters is 1. The Morgan fingerprint density at radius 2 is 2.00 bits per heavy atom. The van der Waals surface area contributed by atoms with Crippen LogP contribution in [0.25, 0.3) is 0 Å². The predicted molar refractivity (Wildman–Crippen MR) is 84.4 cm³/mol. The number of aliphatic hydroxyl groups is 1. The molecule has 3 aliphatic carbocycles. The van der Waals surface area contributed by atoms with Crippen molar-refractivity contribution in [3.63, 3.8) is 0 Å². The molecular formula is C19H24O4. The number of carbonyl (C=O) groups excluding carboxylic acids is 2. The van der Waals surface area contributed by atoms with Gasteiger partial charge in [0.25, 0.3) is 0 Å². The van der Waals surface area contributed by atoms with Crippen LogP contribution in [-0.2, 0) is 14.3 Å². The monoisotopic (exact) mass is 316 g/mol. The van der Waals surface area contributed by atoms with Gasteiger partial charge in [0.1, 0.15) is 5.60 Å². The Balaban J connectivity index is 1.69. The van der Waals surface area contributed by atoms with E-state index in [9.17, 15) is 14.7 Å². The van der Waals surface area contributed by atoms with Crippen molar-refractivity contribution < 1.29 is 19.4 Å². The van der Waals surface area contributed by atoms with Gasteiger partial charge in [-0.2, -0.15) is 0 Å². The number of hydrogen-bond acceptors (Lipinski definition) is 4. The van der Waals surface area contributed by atoms with Crippen molar-refractivity contribution in [3.05, 3.63) is 23.8 Å². The van der Waals surface area contributed by atoms with E-state index in [2.05, 4.69) is 13.0 Å². The molecule has 0 amide bonds. The first-order chi connectivity index (χ1) is 10.8. The molecule has 4 heteroatoms. The molecule has 0 spiro atoms. The topological polar surface area (TPSA) is 63.6 Å². The summed E-state index contributed by atoms with van der Waals surface area (Å²) in [6.45, 7) is 4.28. The van der Waals surface area contributed by atoms with E-state index >= 15 is 0 Å². The first-order valence-corrected chi connectivity index (χ1v) is 8.69. The highest BCUT2D eigenvalue weighted by atomic mass is 16.6. The number of carbonyl (C=O) groups is 2. The highest BCUT2D eigenvalue weighted by Gasteiger charge is 2.58. The van der Waals surface area contributed by atoms with Crippen LogP contribution in [0.2, 0.25) is 0 Å². The summed E-state index contributed by atoms with van der Waals surface area (Å²) in [4.78, 5) is 23.5. The zero-order chi connectivity index (χ0) is 16.4. The van der Waals surface area contributed by atoms with E-state index in [1.54, 1.807) is 6.08 Å². The second-order valence-electron chi connectivity index (χ2n) is 8.13.